The molecule has 0 unspecified atom stereocenters. The Kier molecular flexibility index (Phi) is 5.85. The Morgan fingerprint density at radius 2 is 2.04 bits per heavy atom. The average molecular weight is 339 g/mol. The molecule has 1 saturated carbocycles. The summed E-state index contributed by atoms with van der Waals surface area (Å²) in [7, 11) is 0. The lowest BCUT2D eigenvalue weighted by molar-refractivity contribution is -0.120. The molecule has 0 spiro atoms. The van der Waals surface area contributed by atoms with Gasteiger partial charge in [-0.15, -0.1) is 12.4 Å². The van der Waals surface area contributed by atoms with Gasteiger partial charge in [-0.05, 0) is 49.6 Å². The molecule has 1 saturated heterocycles. The number of rotatable bonds is 4. The summed E-state index contributed by atoms with van der Waals surface area (Å²) in [5.41, 5.74) is 7.34. The number of carbonyl (C=O) groups is 2. The fourth-order valence-electron chi connectivity index (χ4n) is 3.34. The van der Waals surface area contributed by atoms with Gasteiger partial charge in [0.1, 0.15) is 0 Å². The number of halogens is 1. The Labute approximate surface area is 142 Å². The molecule has 0 aromatic heterocycles. The van der Waals surface area contributed by atoms with Crippen LogP contribution in [0, 0.1) is 11.8 Å². The predicted molar refractivity (Wildman–Crippen MR) is 92.9 cm³/mol. The van der Waals surface area contributed by atoms with Crippen LogP contribution in [0.4, 0.5) is 16.2 Å². The van der Waals surface area contributed by atoms with Crippen LogP contribution in [0.15, 0.2) is 24.3 Å². The van der Waals surface area contributed by atoms with Crippen molar-refractivity contribution in [2.24, 2.45) is 17.6 Å². The van der Waals surface area contributed by atoms with E-state index in [1.54, 1.807) is 4.90 Å². The molecule has 1 aromatic rings. The topological polar surface area (TPSA) is 87.5 Å². The van der Waals surface area contributed by atoms with E-state index < -0.39 is 0 Å². The van der Waals surface area contributed by atoms with Crippen LogP contribution in [0.25, 0.3) is 0 Å². The second-order valence-corrected chi connectivity index (χ2v) is 5.95. The molecule has 0 radical (unpaired) electrons. The third kappa shape index (κ3) is 3.76. The summed E-state index contributed by atoms with van der Waals surface area (Å²) in [6, 6.07) is 7.32. The Hall–Kier alpha value is -1.79. The maximum Gasteiger partial charge on any atom is 0.321 e. The molecule has 1 aliphatic carbocycles. The van der Waals surface area contributed by atoms with E-state index in [0.717, 1.165) is 30.6 Å². The van der Waals surface area contributed by atoms with Crippen molar-refractivity contribution in [3.8, 4) is 0 Å². The van der Waals surface area contributed by atoms with E-state index in [9.17, 15) is 9.59 Å². The molecule has 1 heterocycles. The average Bonchev–Trinajstić information content (AvgIpc) is 3.16. The molecule has 23 heavy (non-hydrogen) atoms. The van der Waals surface area contributed by atoms with Crippen molar-refractivity contribution in [2.75, 3.05) is 29.9 Å². The highest BCUT2D eigenvalue weighted by molar-refractivity contribution is 5.95. The molecule has 2 atom stereocenters. The van der Waals surface area contributed by atoms with Crippen molar-refractivity contribution in [2.45, 2.75) is 19.3 Å². The Morgan fingerprint density at radius 3 is 2.65 bits per heavy atom. The highest BCUT2D eigenvalue weighted by Gasteiger charge is 2.31. The number of anilines is 2. The Morgan fingerprint density at radius 1 is 1.30 bits per heavy atom. The summed E-state index contributed by atoms with van der Waals surface area (Å²) in [4.78, 5) is 25.6. The lowest BCUT2D eigenvalue weighted by atomic mass is 9.95. The first-order valence-corrected chi connectivity index (χ1v) is 7.85. The van der Waals surface area contributed by atoms with Crippen molar-refractivity contribution < 1.29 is 9.59 Å². The summed E-state index contributed by atoms with van der Waals surface area (Å²) in [6.45, 7) is 1.91. The van der Waals surface area contributed by atoms with Gasteiger partial charge < -0.3 is 16.4 Å². The monoisotopic (exact) mass is 338 g/mol. The molecule has 1 aromatic carbocycles. The minimum Gasteiger partial charge on any atom is -0.336 e. The number of hydrogen-bond donors (Lipinski definition) is 3. The van der Waals surface area contributed by atoms with E-state index in [0.29, 0.717) is 25.6 Å². The maximum absolute atomic E-state index is 12.3. The van der Waals surface area contributed by atoms with Gasteiger partial charge >= 0.3 is 6.03 Å². The fraction of sp³-hybridized carbons (Fsp3) is 0.500. The number of nitrogens with zero attached hydrogens (tertiary/aromatic N) is 1. The van der Waals surface area contributed by atoms with Gasteiger partial charge in [0.25, 0.3) is 0 Å². The molecule has 126 valence electrons. The van der Waals surface area contributed by atoms with Crippen molar-refractivity contribution >= 4 is 35.7 Å². The standard InChI is InChI=1S/C16H22N4O2.ClH/c17-10-11-2-1-3-14(11)15(21)19-12-4-6-13(7-5-12)20-9-8-18-16(20)22;/h4-7,11,14H,1-3,8-10,17H2,(H,18,22)(H,19,21);1H/t11-,14-;/m1./s1. The van der Waals surface area contributed by atoms with Crippen molar-refractivity contribution in [1.29, 1.82) is 0 Å². The van der Waals surface area contributed by atoms with Gasteiger partial charge in [0.15, 0.2) is 0 Å². The number of nitrogens with two attached hydrogens (primary N) is 1. The summed E-state index contributed by atoms with van der Waals surface area (Å²) < 4.78 is 0. The quantitative estimate of drug-likeness (QED) is 0.784. The number of nitrogens with one attached hydrogen (secondary N) is 2. The zero-order valence-electron chi connectivity index (χ0n) is 13.0. The molecule has 6 nitrogen and oxygen atoms in total. The number of carbonyl (C=O) groups excluding carboxylic acids is 2. The lowest BCUT2D eigenvalue weighted by Crippen LogP contribution is -2.30. The van der Waals surface area contributed by atoms with Crippen molar-refractivity contribution in [3.05, 3.63) is 24.3 Å². The van der Waals surface area contributed by atoms with Crippen LogP contribution in [0.1, 0.15) is 19.3 Å². The van der Waals surface area contributed by atoms with Crippen LogP contribution in [-0.4, -0.2) is 31.6 Å². The first kappa shape index (κ1) is 17.6. The van der Waals surface area contributed by atoms with Crippen molar-refractivity contribution in [3.63, 3.8) is 0 Å². The SMILES string of the molecule is Cl.NC[C@H]1CCC[C@H]1C(=O)Nc1ccc(N2CCNC2=O)cc1. The van der Waals surface area contributed by atoms with E-state index >= 15 is 0 Å². The van der Waals surface area contributed by atoms with E-state index in [2.05, 4.69) is 10.6 Å². The molecule has 7 heteroatoms. The fourth-order valence-corrected chi connectivity index (χ4v) is 3.34. The third-order valence-corrected chi connectivity index (χ3v) is 4.60. The van der Waals surface area contributed by atoms with Gasteiger partial charge in [-0.25, -0.2) is 4.79 Å². The maximum atomic E-state index is 12.3. The molecule has 4 N–H and O–H groups in total. The molecule has 0 bridgehead atoms. The number of benzene rings is 1. The highest BCUT2D eigenvalue weighted by atomic mass is 35.5. The molecule has 1 aliphatic heterocycles. The third-order valence-electron chi connectivity index (χ3n) is 4.60. The minimum absolute atomic E-state index is 0. The highest BCUT2D eigenvalue weighted by Crippen LogP contribution is 2.32. The van der Waals surface area contributed by atoms with Gasteiger partial charge in [-0.2, -0.15) is 0 Å². The zero-order chi connectivity index (χ0) is 15.5. The number of urea groups is 1. The van der Waals surface area contributed by atoms with Gasteiger partial charge in [0, 0.05) is 30.4 Å². The van der Waals surface area contributed by atoms with Crippen molar-refractivity contribution in [1.82, 2.24) is 5.32 Å². The molecule has 3 amide bonds. The summed E-state index contributed by atoms with van der Waals surface area (Å²) >= 11 is 0. The Balaban J connectivity index is 0.00000192. The molecule has 2 aliphatic rings. The van der Waals surface area contributed by atoms with Gasteiger partial charge in [0.05, 0.1) is 0 Å². The second kappa shape index (κ2) is 7.66. The largest absolute Gasteiger partial charge is 0.336 e. The lowest BCUT2D eigenvalue weighted by Gasteiger charge is -2.18. The molecule has 3 rings (SSSR count). The smallest absolute Gasteiger partial charge is 0.321 e. The number of hydrogen-bond acceptors (Lipinski definition) is 3. The van der Waals surface area contributed by atoms with E-state index in [1.807, 2.05) is 24.3 Å². The second-order valence-electron chi connectivity index (χ2n) is 5.95. The normalized spacial score (nSPS) is 23.3. The minimum atomic E-state index is -0.0754. The van der Waals surface area contributed by atoms with E-state index in [4.69, 9.17) is 5.73 Å². The predicted octanol–water partition coefficient (Wildman–Crippen LogP) is 1.95. The molecule has 2 fully saturated rings. The van der Waals surface area contributed by atoms with Gasteiger partial charge in [-0.1, -0.05) is 6.42 Å². The van der Waals surface area contributed by atoms with Crippen LogP contribution < -0.4 is 21.3 Å². The Bertz CT molecular complexity index is 564. The summed E-state index contributed by atoms with van der Waals surface area (Å²) in [5.74, 6) is 0.376. The van der Waals surface area contributed by atoms with Crippen LogP contribution in [0.5, 0.6) is 0 Å². The van der Waals surface area contributed by atoms with Crippen LogP contribution >= 0.6 is 12.4 Å². The van der Waals surface area contributed by atoms with Gasteiger partial charge in [0.2, 0.25) is 5.91 Å². The first-order valence-electron chi connectivity index (χ1n) is 7.85. The van der Waals surface area contributed by atoms with Crippen LogP contribution in [0.2, 0.25) is 0 Å². The van der Waals surface area contributed by atoms with Crippen LogP contribution in [0.3, 0.4) is 0 Å². The number of amides is 3. The van der Waals surface area contributed by atoms with Gasteiger partial charge in [-0.3, -0.25) is 9.69 Å². The first-order chi connectivity index (χ1) is 10.7. The van der Waals surface area contributed by atoms with E-state index in [-0.39, 0.29) is 30.3 Å². The zero-order valence-corrected chi connectivity index (χ0v) is 13.8. The molecular formula is C16H23ClN4O2. The van der Waals surface area contributed by atoms with E-state index in [1.165, 1.54) is 0 Å². The summed E-state index contributed by atoms with van der Waals surface area (Å²) in [5, 5.41) is 5.73. The van der Waals surface area contributed by atoms with Crippen LogP contribution in [-0.2, 0) is 4.79 Å². The molecular weight excluding hydrogens is 316 g/mol. The summed E-state index contributed by atoms with van der Waals surface area (Å²) in [6.07, 6.45) is 3.03.